The Labute approximate surface area is 125 Å². The van der Waals surface area contributed by atoms with Crippen LogP contribution in [0.3, 0.4) is 0 Å². The second-order valence-corrected chi connectivity index (χ2v) is 6.01. The molecule has 0 aliphatic carbocycles. The summed E-state index contributed by atoms with van der Waals surface area (Å²) < 4.78 is 37.0. The summed E-state index contributed by atoms with van der Waals surface area (Å²) >= 11 is 0. The third kappa shape index (κ3) is 5.02. The molecule has 1 aromatic rings. The number of methoxy groups -OCH3 is 2. The fraction of sp³-hybridized carbons (Fsp3) is 0.429. The zero-order chi connectivity index (χ0) is 15.9. The van der Waals surface area contributed by atoms with Crippen LogP contribution in [-0.2, 0) is 14.8 Å². The van der Waals surface area contributed by atoms with E-state index in [4.69, 9.17) is 14.6 Å². The maximum atomic E-state index is 12.2. The van der Waals surface area contributed by atoms with Crippen LogP contribution in [0, 0.1) is 11.8 Å². The molecule has 1 aromatic carbocycles. The summed E-state index contributed by atoms with van der Waals surface area (Å²) in [7, 11) is -0.704. The molecule has 6 nitrogen and oxygen atoms in total. The third-order valence-electron chi connectivity index (χ3n) is 2.56. The largest absolute Gasteiger partial charge is 0.495 e. The van der Waals surface area contributed by atoms with Gasteiger partial charge in [0.2, 0.25) is 10.0 Å². The lowest BCUT2D eigenvalue weighted by atomic mass is 10.2. The van der Waals surface area contributed by atoms with Crippen LogP contribution in [-0.4, -0.2) is 47.0 Å². The number of rotatable bonds is 6. The standard InChI is InChI=1S/C14H19NO5S/c1-11(10-19-2)15-21(17,18)13-6-7-14(20-3)12(9-13)5-4-8-16/h6-7,9,11,15-16H,8,10H2,1-3H3. The molecule has 0 aliphatic heterocycles. The van der Waals surface area contributed by atoms with Gasteiger partial charge in [-0.1, -0.05) is 11.8 Å². The highest BCUT2D eigenvalue weighted by Crippen LogP contribution is 2.21. The van der Waals surface area contributed by atoms with E-state index in [0.717, 1.165) is 0 Å². The first kappa shape index (κ1) is 17.5. The molecule has 1 rings (SSSR count). The maximum absolute atomic E-state index is 12.2. The van der Waals surface area contributed by atoms with Crippen molar-refractivity contribution >= 4 is 10.0 Å². The summed E-state index contributed by atoms with van der Waals surface area (Å²) in [6.07, 6.45) is 0. The van der Waals surface area contributed by atoms with Crippen molar-refractivity contribution in [1.29, 1.82) is 0 Å². The summed E-state index contributed by atoms with van der Waals surface area (Å²) in [5.74, 6) is 5.58. The first-order valence-corrected chi connectivity index (χ1v) is 7.72. The molecule has 116 valence electrons. The van der Waals surface area contributed by atoms with E-state index in [9.17, 15) is 8.42 Å². The number of hydrogen-bond donors (Lipinski definition) is 2. The lowest BCUT2D eigenvalue weighted by molar-refractivity contribution is 0.180. The second-order valence-electron chi connectivity index (χ2n) is 4.30. The van der Waals surface area contributed by atoms with Gasteiger partial charge in [-0.3, -0.25) is 0 Å². The Hall–Kier alpha value is -1.59. The normalized spacial score (nSPS) is 12.4. The van der Waals surface area contributed by atoms with E-state index in [-0.39, 0.29) is 24.2 Å². The summed E-state index contributed by atoms with van der Waals surface area (Å²) in [6.45, 7) is 1.66. The molecule has 0 aliphatic rings. The van der Waals surface area contributed by atoms with Gasteiger partial charge in [0.15, 0.2) is 0 Å². The first-order valence-electron chi connectivity index (χ1n) is 6.23. The summed E-state index contributed by atoms with van der Waals surface area (Å²) in [6, 6.07) is 4.01. The minimum absolute atomic E-state index is 0.0773. The average molecular weight is 313 g/mol. The molecule has 7 heteroatoms. The van der Waals surface area contributed by atoms with Gasteiger partial charge in [0.1, 0.15) is 12.4 Å². The van der Waals surface area contributed by atoms with E-state index in [2.05, 4.69) is 16.6 Å². The van der Waals surface area contributed by atoms with E-state index < -0.39 is 10.0 Å². The summed E-state index contributed by atoms with van der Waals surface area (Å²) in [4.78, 5) is 0.0773. The molecule has 21 heavy (non-hydrogen) atoms. The van der Waals surface area contributed by atoms with Crippen molar-refractivity contribution in [1.82, 2.24) is 4.72 Å². The van der Waals surface area contributed by atoms with Gasteiger partial charge in [-0.15, -0.1) is 0 Å². The Bertz CT molecular complexity index is 630. The van der Waals surface area contributed by atoms with Crippen LogP contribution in [0.25, 0.3) is 0 Å². The Kier molecular flexibility index (Phi) is 6.65. The molecule has 2 N–H and O–H groups in total. The second kappa shape index (κ2) is 8.00. The molecule has 0 spiro atoms. The smallest absolute Gasteiger partial charge is 0.240 e. The number of ether oxygens (including phenoxy) is 2. The fourth-order valence-electron chi connectivity index (χ4n) is 1.70. The van der Waals surface area contributed by atoms with Crippen LogP contribution in [0.4, 0.5) is 0 Å². The number of hydrogen-bond acceptors (Lipinski definition) is 5. The Balaban J connectivity index is 3.13. The molecule has 0 aromatic heterocycles. The van der Waals surface area contributed by atoms with E-state index in [1.54, 1.807) is 6.92 Å². The highest BCUT2D eigenvalue weighted by molar-refractivity contribution is 7.89. The molecule has 0 saturated carbocycles. The van der Waals surface area contributed by atoms with Crippen LogP contribution >= 0.6 is 0 Å². The number of benzene rings is 1. The molecule has 1 unspecified atom stereocenters. The quantitative estimate of drug-likeness (QED) is 0.740. The number of aliphatic hydroxyl groups excluding tert-OH is 1. The predicted molar refractivity (Wildman–Crippen MR) is 78.6 cm³/mol. The van der Waals surface area contributed by atoms with Crippen molar-refractivity contribution in [3.8, 4) is 17.6 Å². The van der Waals surface area contributed by atoms with Crippen molar-refractivity contribution in [3.05, 3.63) is 23.8 Å². The van der Waals surface area contributed by atoms with Gasteiger partial charge >= 0.3 is 0 Å². The molecule has 0 saturated heterocycles. The van der Waals surface area contributed by atoms with Crippen LogP contribution in [0.1, 0.15) is 12.5 Å². The fourth-order valence-corrected chi connectivity index (χ4v) is 2.96. The lowest BCUT2D eigenvalue weighted by Gasteiger charge is -2.14. The molecule has 1 atom stereocenters. The zero-order valence-electron chi connectivity index (χ0n) is 12.2. The first-order chi connectivity index (χ1) is 9.94. The van der Waals surface area contributed by atoms with Crippen LogP contribution in [0.5, 0.6) is 5.75 Å². The SMILES string of the molecule is COCC(C)NS(=O)(=O)c1ccc(OC)c(C#CCO)c1. The van der Waals surface area contributed by atoms with E-state index in [1.165, 1.54) is 32.4 Å². The highest BCUT2D eigenvalue weighted by atomic mass is 32.2. The third-order valence-corrected chi connectivity index (χ3v) is 4.14. The van der Waals surface area contributed by atoms with Crippen LogP contribution in [0.15, 0.2) is 23.1 Å². The molecule has 0 heterocycles. The maximum Gasteiger partial charge on any atom is 0.240 e. The minimum Gasteiger partial charge on any atom is -0.495 e. The van der Waals surface area contributed by atoms with Crippen LogP contribution < -0.4 is 9.46 Å². The van der Waals surface area contributed by atoms with Gasteiger partial charge in [-0.25, -0.2) is 13.1 Å². The van der Waals surface area contributed by atoms with E-state index >= 15 is 0 Å². The van der Waals surface area contributed by atoms with Gasteiger partial charge in [0.05, 0.1) is 24.2 Å². The molecule has 0 bridgehead atoms. The van der Waals surface area contributed by atoms with Crippen LogP contribution in [0.2, 0.25) is 0 Å². The van der Waals surface area contributed by atoms with Crippen molar-refractivity contribution < 1.29 is 23.0 Å². The number of aliphatic hydroxyl groups is 1. The monoisotopic (exact) mass is 313 g/mol. The van der Waals surface area contributed by atoms with Crippen molar-refractivity contribution in [2.24, 2.45) is 0 Å². The van der Waals surface area contributed by atoms with Gasteiger partial charge in [-0.05, 0) is 25.1 Å². The van der Waals surface area contributed by atoms with Gasteiger partial charge in [0.25, 0.3) is 0 Å². The van der Waals surface area contributed by atoms with E-state index in [0.29, 0.717) is 11.3 Å². The Morgan fingerprint density at radius 2 is 2.10 bits per heavy atom. The lowest BCUT2D eigenvalue weighted by Crippen LogP contribution is -2.35. The van der Waals surface area contributed by atoms with E-state index in [1.807, 2.05) is 0 Å². The highest BCUT2D eigenvalue weighted by Gasteiger charge is 2.18. The molecule has 0 radical (unpaired) electrons. The predicted octanol–water partition coefficient (Wildman–Crippen LogP) is 0.352. The van der Waals surface area contributed by atoms with Crippen molar-refractivity contribution in [3.63, 3.8) is 0 Å². The number of nitrogens with one attached hydrogen (secondary N) is 1. The van der Waals surface area contributed by atoms with Crippen molar-refractivity contribution in [2.45, 2.75) is 17.9 Å². The molecule has 0 amide bonds. The molecule has 0 fully saturated rings. The topological polar surface area (TPSA) is 84.9 Å². The molecular formula is C14H19NO5S. The zero-order valence-corrected chi connectivity index (χ0v) is 13.0. The minimum atomic E-state index is -3.67. The Morgan fingerprint density at radius 3 is 2.67 bits per heavy atom. The van der Waals surface area contributed by atoms with Crippen molar-refractivity contribution in [2.75, 3.05) is 27.4 Å². The molecular weight excluding hydrogens is 294 g/mol. The van der Waals surface area contributed by atoms with Gasteiger partial charge < -0.3 is 14.6 Å². The van der Waals surface area contributed by atoms with Gasteiger partial charge in [-0.2, -0.15) is 0 Å². The number of sulfonamides is 1. The Morgan fingerprint density at radius 1 is 1.38 bits per heavy atom. The summed E-state index contributed by atoms with van der Waals surface area (Å²) in [5.41, 5.74) is 0.397. The van der Waals surface area contributed by atoms with Gasteiger partial charge in [0, 0.05) is 13.2 Å². The summed E-state index contributed by atoms with van der Waals surface area (Å²) in [5, 5.41) is 8.74. The average Bonchev–Trinajstić information content (AvgIpc) is 2.44.